The minimum Gasteiger partial charge on any atom is -0.394 e. The molecule has 20 nitrogen and oxygen atoms in total. The molecule has 0 aromatic heterocycles. The minimum absolute atomic E-state index is 0.00819. The molecule has 66 heavy (non-hydrogen) atoms. The Morgan fingerprint density at radius 2 is 1.21 bits per heavy atom. The van der Waals surface area contributed by atoms with Gasteiger partial charge in [-0.3, -0.25) is 0 Å². The molecule has 0 spiro atoms. The van der Waals surface area contributed by atoms with Gasteiger partial charge in [0.15, 0.2) is 24.7 Å². The second kappa shape index (κ2) is 20.0. The first-order chi connectivity index (χ1) is 31.3. The normalized spacial score (nSPS) is 55.4. The highest BCUT2D eigenvalue weighted by Gasteiger charge is 2.72. The summed E-state index contributed by atoms with van der Waals surface area (Å²) in [5.74, 6) is -0.308. The zero-order chi connectivity index (χ0) is 47.8. The van der Waals surface area contributed by atoms with Crippen LogP contribution in [0.2, 0.25) is 0 Å². The predicted octanol–water partition coefficient (Wildman–Crippen LogP) is -2.15. The van der Waals surface area contributed by atoms with Gasteiger partial charge in [0.05, 0.1) is 44.7 Å². The van der Waals surface area contributed by atoms with Gasteiger partial charge in [-0.15, -0.1) is 0 Å². The number of methoxy groups -OCH3 is 1. The fourth-order valence-corrected chi connectivity index (χ4v) is 14.4. The van der Waals surface area contributed by atoms with Crippen LogP contribution in [-0.2, 0) is 37.9 Å². The minimum atomic E-state index is -1.77. The average Bonchev–Trinajstić information content (AvgIpc) is 3.72. The summed E-state index contributed by atoms with van der Waals surface area (Å²) in [4.78, 5) is 0. The number of aliphatic hydroxyl groups excluding tert-OH is 11. The maximum atomic E-state index is 12.2. The second-order valence-electron chi connectivity index (χ2n) is 21.8. The SMILES string of the molecule is CO[C@H]1C2OC(O)(CCC(C)CO[C@@H]3O[C@H](CO)[C@@H](O)[C@H](O)[C@H]3O)[C@@H](C)C2C2(C)CCC3C(CCC4CC(O[C@@H]5O[C@H](CO)[C@@H](O)[C@H](O[C@@H]6O[C@H](CO)[C@H](O)[C@H](O)[C@H]6O)[C@H]5O)CCC43C)C12. The fraction of sp³-hybridized carbons (Fsp3) is 1.00. The fourth-order valence-electron chi connectivity index (χ4n) is 14.4. The number of aliphatic hydroxyl groups is 12. The summed E-state index contributed by atoms with van der Waals surface area (Å²) in [5.41, 5.74) is -0.153. The Bertz CT molecular complexity index is 1610. The molecule has 20 heteroatoms. The largest absolute Gasteiger partial charge is 0.394 e. The Morgan fingerprint density at radius 1 is 0.636 bits per heavy atom. The van der Waals surface area contributed by atoms with Gasteiger partial charge in [-0.2, -0.15) is 0 Å². The van der Waals surface area contributed by atoms with E-state index in [1.807, 2.05) is 6.92 Å². The highest BCUT2D eigenvalue weighted by atomic mass is 16.7. The molecule has 382 valence electrons. The lowest BCUT2D eigenvalue weighted by Gasteiger charge is -2.61. The molecule has 0 bridgehead atoms. The van der Waals surface area contributed by atoms with Crippen LogP contribution in [-0.4, -0.2) is 211 Å². The van der Waals surface area contributed by atoms with Crippen molar-refractivity contribution in [2.45, 2.75) is 202 Å². The standard InChI is InChI=1S/C46H78O20/c1-19(18-60-41-35(55)33(53)30(50)25(15-47)62-41)8-13-46(58)20(2)28-39(66-46)38(59-5)29-23-7-6-21-14-22(9-11-44(21,3)24(23)10-12-45(28,29)4)61-43-37(57)40(32(52)27(17-49)64-43)65-42-36(56)34(54)31(51)26(16-48)63-42/h19-43,47-58H,6-18H2,1-5H3/t19?,20-,21?,22?,23?,24?,25+,26+,27+,28?,29?,30+,31-,32+,33-,34-,35+,36+,37+,38+,39?,40-,41+,42-,43+,44?,45?,46?/m0/s1. The molecule has 12 N–H and O–H groups in total. The molecule has 4 heterocycles. The Labute approximate surface area is 386 Å². The van der Waals surface area contributed by atoms with E-state index in [-0.39, 0.29) is 59.4 Å². The van der Waals surface area contributed by atoms with Gasteiger partial charge in [-0.1, -0.05) is 27.7 Å². The second-order valence-corrected chi connectivity index (χ2v) is 21.8. The van der Waals surface area contributed by atoms with Crippen LogP contribution < -0.4 is 0 Å². The lowest BCUT2D eigenvalue weighted by Crippen LogP contribution is -2.65. The van der Waals surface area contributed by atoms with Crippen molar-refractivity contribution in [2.75, 3.05) is 33.5 Å². The van der Waals surface area contributed by atoms with E-state index in [2.05, 4.69) is 20.8 Å². The van der Waals surface area contributed by atoms with E-state index in [1.54, 1.807) is 7.11 Å². The van der Waals surface area contributed by atoms with Crippen molar-refractivity contribution in [1.82, 2.24) is 0 Å². The Hall–Kier alpha value is -0.800. The van der Waals surface area contributed by atoms with Crippen molar-refractivity contribution in [3.8, 4) is 0 Å². The van der Waals surface area contributed by atoms with Crippen LogP contribution in [0.1, 0.15) is 85.5 Å². The van der Waals surface area contributed by atoms with Gasteiger partial charge in [0.25, 0.3) is 0 Å². The van der Waals surface area contributed by atoms with Crippen LogP contribution in [0, 0.1) is 52.3 Å². The van der Waals surface area contributed by atoms with Crippen LogP contribution in [0.4, 0.5) is 0 Å². The van der Waals surface area contributed by atoms with E-state index >= 15 is 0 Å². The Morgan fingerprint density at radius 3 is 1.83 bits per heavy atom. The van der Waals surface area contributed by atoms with Crippen molar-refractivity contribution in [2.24, 2.45) is 52.3 Å². The molecule has 8 aliphatic rings. The number of fused-ring (bicyclic) bond motifs is 7. The summed E-state index contributed by atoms with van der Waals surface area (Å²) < 4.78 is 48.1. The number of ether oxygens (including phenoxy) is 8. The van der Waals surface area contributed by atoms with Crippen molar-refractivity contribution in [3.63, 3.8) is 0 Å². The molecule has 4 saturated carbocycles. The molecule has 28 atom stereocenters. The average molecular weight is 951 g/mol. The zero-order valence-corrected chi connectivity index (χ0v) is 38.8. The molecule has 4 saturated heterocycles. The molecule has 4 aliphatic carbocycles. The third-order valence-electron chi connectivity index (χ3n) is 18.2. The third kappa shape index (κ3) is 8.85. The van der Waals surface area contributed by atoms with E-state index in [9.17, 15) is 61.3 Å². The monoisotopic (exact) mass is 951 g/mol. The smallest absolute Gasteiger partial charge is 0.187 e. The summed E-state index contributed by atoms with van der Waals surface area (Å²) in [6.07, 6.45) is -15.8. The first-order valence-corrected chi connectivity index (χ1v) is 24.4. The topological polar surface area (TPSA) is 317 Å². The zero-order valence-electron chi connectivity index (χ0n) is 38.8. The van der Waals surface area contributed by atoms with E-state index in [1.165, 1.54) is 0 Å². The van der Waals surface area contributed by atoms with Gasteiger partial charge >= 0.3 is 0 Å². The molecule has 0 aromatic rings. The quantitative estimate of drug-likeness (QED) is 0.0826. The van der Waals surface area contributed by atoms with Crippen LogP contribution in [0.15, 0.2) is 0 Å². The van der Waals surface area contributed by atoms with Gasteiger partial charge < -0.3 is 99.2 Å². The van der Waals surface area contributed by atoms with Crippen molar-refractivity contribution < 1.29 is 99.2 Å². The molecule has 8 fully saturated rings. The molecular weight excluding hydrogens is 872 g/mol. The number of rotatable bonds is 14. The summed E-state index contributed by atoms with van der Waals surface area (Å²) in [6.45, 7) is 7.09. The highest BCUT2D eigenvalue weighted by Crippen LogP contribution is 2.71. The number of hydrogen-bond donors (Lipinski definition) is 12. The van der Waals surface area contributed by atoms with Gasteiger partial charge in [0.2, 0.25) is 0 Å². The lowest BCUT2D eigenvalue weighted by molar-refractivity contribution is -0.365. The Balaban J connectivity index is 0.882. The van der Waals surface area contributed by atoms with Gasteiger partial charge in [-0.05, 0) is 91.8 Å². The molecule has 11 unspecified atom stereocenters. The number of hydrogen-bond acceptors (Lipinski definition) is 20. The molecule has 0 amide bonds. The van der Waals surface area contributed by atoms with Crippen molar-refractivity contribution in [1.29, 1.82) is 0 Å². The van der Waals surface area contributed by atoms with E-state index in [0.29, 0.717) is 43.4 Å². The summed E-state index contributed by atoms with van der Waals surface area (Å²) >= 11 is 0. The molecule has 8 rings (SSSR count). The maximum absolute atomic E-state index is 12.2. The molecule has 0 radical (unpaired) electrons. The summed E-state index contributed by atoms with van der Waals surface area (Å²) in [6, 6.07) is 0. The first-order valence-electron chi connectivity index (χ1n) is 24.4. The van der Waals surface area contributed by atoms with E-state index in [4.69, 9.17) is 37.9 Å². The van der Waals surface area contributed by atoms with Gasteiger partial charge in [0, 0.05) is 25.4 Å². The molecule has 0 aromatic carbocycles. The van der Waals surface area contributed by atoms with Crippen molar-refractivity contribution in [3.05, 3.63) is 0 Å². The maximum Gasteiger partial charge on any atom is 0.187 e. The third-order valence-corrected chi connectivity index (χ3v) is 18.2. The van der Waals surface area contributed by atoms with E-state index in [0.717, 1.165) is 32.1 Å². The van der Waals surface area contributed by atoms with Crippen LogP contribution in [0.3, 0.4) is 0 Å². The lowest BCUT2D eigenvalue weighted by atomic mass is 9.44. The Kier molecular flexibility index (Phi) is 15.6. The van der Waals surface area contributed by atoms with Gasteiger partial charge in [0.1, 0.15) is 73.2 Å². The summed E-state index contributed by atoms with van der Waals surface area (Å²) in [5, 5.41) is 126. The summed E-state index contributed by atoms with van der Waals surface area (Å²) in [7, 11) is 1.75. The molecule has 4 aliphatic heterocycles. The highest BCUT2D eigenvalue weighted by molar-refractivity contribution is 5.18. The van der Waals surface area contributed by atoms with Crippen molar-refractivity contribution >= 4 is 0 Å². The van der Waals surface area contributed by atoms with Crippen LogP contribution in [0.5, 0.6) is 0 Å². The first kappa shape index (κ1) is 51.6. The van der Waals surface area contributed by atoms with Crippen LogP contribution >= 0.6 is 0 Å². The van der Waals surface area contributed by atoms with Gasteiger partial charge in [-0.25, -0.2) is 0 Å². The molecular formula is C46H78O20. The van der Waals surface area contributed by atoms with E-state index < -0.39 is 118 Å². The van der Waals surface area contributed by atoms with Crippen LogP contribution in [0.25, 0.3) is 0 Å². The predicted molar refractivity (Wildman–Crippen MR) is 225 cm³/mol.